The molecule has 6 heteroatoms. The molecule has 1 N–H and O–H groups in total. The van der Waals surface area contributed by atoms with Gasteiger partial charge in [-0.1, -0.05) is 48.5 Å². The zero-order valence-electron chi connectivity index (χ0n) is 13.7. The van der Waals surface area contributed by atoms with Crippen molar-refractivity contribution in [1.82, 2.24) is 9.97 Å². The molecule has 0 fully saturated rings. The van der Waals surface area contributed by atoms with Crippen molar-refractivity contribution in [2.24, 2.45) is 0 Å². The van der Waals surface area contributed by atoms with Crippen LogP contribution < -0.4 is 9.64 Å². The SMILES string of the molecule is CN(c1ccccc1)c1nc(OCC(=O)O)cc(-c2ccccc2)n1. The molecule has 0 saturated carbocycles. The van der Waals surface area contributed by atoms with Crippen molar-refractivity contribution < 1.29 is 14.6 Å². The van der Waals surface area contributed by atoms with E-state index in [0.717, 1.165) is 11.3 Å². The summed E-state index contributed by atoms with van der Waals surface area (Å²) >= 11 is 0. The molecule has 0 atom stereocenters. The third kappa shape index (κ3) is 4.11. The van der Waals surface area contributed by atoms with Crippen molar-refractivity contribution in [3.8, 4) is 17.1 Å². The molecule has 126 valence electrons. The van der Waals surface area contributed by atoms with Gasteiger partial charge >= 0.3 is 5.97 Å². The van der Waals surface area contributed by atoms with Gasteiger partial charge in [0.15, 0.2) is 6.61 Å². The van der Waals surface area contributed by atoms with Gasteiger partial charge in [0.2, 0.25) is 11.8 Å². The number of carboxylic acid groups (broad SMARTS) is 1. The maximum absolute atomic E-state index is 10.8. The van der Waals surface area contributed by atoms with E-state index in [2.05, 4.69) is 9.97 Å². The summed E-state index contributed by atoms with van der Waals surface area (Å²) in [6, 6.07) is 20.9. The third-order valence-corrected chi connectivity index (χ3v) is 3.55. The number of carbonyl (C=O) groups is 1. The Labute approximate surface area is 145 Å². The average molecular weight is 335 g/mol. The highest BCUT2D eigenvalue weighted by Crippen LogP contribution is 2.26. The molecular formula is C19H17N3O3. The lowest BCUT2D eigenvalue weighted by molar-refractivity contribution is -0.139. The monoisotopic (exact) mass is 335 g/mol. The Morgan fingerprint density at radius 3 is 2.32 bits per heavy atom. The van der Waals surface area contributed by atoms with Gasteiger partial charge in [-0.2, -0.15) is 4.98 Å². The zero-order valence-corrected chi connectivity index (χ0v) is 13.7. The first-order chi connectivity index (χ1) is 12.1. The van der Waals surface area contributed by atoms with Gasteiger partial charge in [-0.3, -0.25) is 0 Å². The van der Waals surface area contributed by atoms with E-state index in [4.69, 9.17) is 9.84 Å². The van der Waals surface area contributed by atoms with Crippen LogP contribution in [-0.2, 0) is 4.79 Å². The summed E-state index contributed by atoms with van der Waals surface area (Å²) in [5.74, 6) is -0.417. The fourth-order valence-corrected chi connectivity index (χ4v) is 2.30. The molecule has 0 aliphatic carbocycles. The lowest BCUT2D eigenvalue weighted by Crippen LogP contribution is -2.15. The summed E-state index contributed by atoms with van der Waals surface area (Å²) in [4.78, 5) is 21.5. The molecule has 0 bridgehead atoms. The summed E-state index contributed by atoms with van der Waals surface area (Å²) in [5, 5.41) is 8.84. The third-order valence-electron chi connectivity index (χ3n) is 3.55. The van der Waals surface area contributed by atoms with Crippen LogP contribution in [0, 0.1) is 0 Å². The minimum atomic E-state index is -1.06. The van der Waals surface area contributed by atoms with Crippen LogP contribution in [0.4, 0.5) is 11.6 Å². The second-order valence-corrected chi connectivity index (χ2v) is 5.33. The van der Waals surface area contributed by atoms with Crippen molar-refractivity contribution in [2.45, 2.75) is 0 Å². The number of anilines is 2. The molecule has 1 aromatic heterocycles. The van der Waals surface area contributed by atoms with E-state index in [-0.39, 0.29) is 5.88 Å². The largest absolute Gasteiger partial charge is 0.479 e. The number of nitrogens with zero attached hydrogens (tertiary/aromatic N) is 3. The molecule has 0 aliphatic rings. The first-order valence-electron chi connectivity index (χ1n) is 7.71. The summed E-state index contributed by atoms with van der Waals surface area (Å²) in [6.07, 6.45) is 0. The van der Waals surface area contributed by atoms with E-state index in [9.17, 15) is 4.79 Å². The molecule has 0 spiro atoms. The zero-order chi connectivity index (χ0) is 17.6. The van der Waals surface area contributed by atoms with Crippen molar-refractivity contribution >= 4 is 17.6 Å². The predicted molar refractivity (Wildman–Crippen MR) is 95.1 cm³/mol. The molecular weight excluding hydrogens is 318 g/mol. The number of aliphatic carboxylic acids is 1. The van der Waals surface area contributed by atoms with Gasteiger partial charge in [0.05, 0.1) is 5.69 Å². The van der Waals surface area contributed by atoms with Crippen molar-refractivity contribution in [3.05, 3.63) is 66.7 Å². The Kier molecular flexibility index (Phi) is 4.89. The number of ether oxygens (including phenoxy) is 1. The van der Waals surface area contributed by atoms with Crippen LogP contribution in [0.2, 0.25) is 0 Å². The maximum atomic E-state index is 10.8. The Balaban J connectivity index is 2.01. The lowest BCUT2D eigenvalue weighted by atomic mass is 10.1. The van der Waals surface area contributed by atoms with Crippen molar-refractivity contribution in [1.29, 1.82) is 0 Å². The minimum Gasteiger partial charge on any atom is -0.479 e. The predicted octanol–water partition coefficient (Wildman–Crippen LogP) is 3.37. The van der Waals surface area contributed by atoms with E-state index in [0.29, 0.717) is 11.6 Å². The van der Waals surface area contributed by atoms with Crippen LogP contribution in [0.3, 0.4) is 0 Å². The van der Waals surface area contributed by atoms with Crippen LogP contribution in [-0.4, -0.2) is 34.7 Å². The molecule has 0 radical (unpaired) electrons. The first kappa shape index (κ1) is 16.4. The summed E-state index contributed by atoms with van der Waals surface area (Å²) in [5.41, 5.74) is 2.47. The van der Waals surface area contributed by atoms with Crippen LogP contribution in [0.5, 0.6) is 5.88 Å². The van der Waals surface area contributed by atoms with Crippen LogP contribution in [0.25, 0.3) is 11.3 Å². The highest BCUT2D eigenvalue weighted by molar-refractivity contribution is 5.69. The minimum absolute atomic E-state index is 0.217. The smallest absolute Gasteiger partial charge is 0.341 e. The van der Waals surface area contributed by atoms with Gasteiger partial charge in [-0.05, 0) is 12.1 Å². The Morgan fingerprint density at radius 1 is 1.04 bits per heavy atom. The quantitative estimate of drug-likeness (QED) is 0.744. The molecule has 3 rings (SSSR count). The summed E-state index contributed by atoms with van der Waals surface area (Å²) in [6.45, 7) is -0.459. The standard InChI is InChI=1S/C19H17N3O3/c1-22(15-10-6-3-7-11-15)19-20-16(14-8-4-2-5-9-14)12-17(21-19)25-13-18(23)24/h2-12H,13H2,1H3,(H,23,24). The van der Waals surface area contributed by atoms with Gasteiger partial charge < -0.3 is 14.7 Å². The van der Waals surface area contributed by atoms with Crippen molar-refractivity contribution in [2.75, 3.05) is 18.6 Å². The number of carboxylic acids is 1. The molecule has 25 heavy (non-hydrogen) atoms. The second kappa shape index (κ2) is 7.44. The molecule has 2 aromatic carbocycles. The highest BCUT2D eigenvalue weighted by Gasteiger charge is 2.13. The van der Waals surface area contributed by atoms with E-state index < -0.39 is 12.6 Å². The highest BCUT2D eigenvalue weighted by atomic mass is 16.5. The molecule has 1 heterocycles. The normalized spacial score (nSPS) is 10.3. The molecule has 6 nitrogen and oxygen atoms in total. The van der Waals surface area contributed by atoms with E-state index in [1.54, 1.807) is 6.07 Å². The molecule has 0 aliphatic heterocycles. The summed E-state index contributed by atoms with van der Waals surface area (Å²) in [7, 11) is 1.85. The molecule has 0 unspecified atom stereocenters. The first-order valence-corrected chi connectivity index (χ1v) is 7.71. The van der Waals surface area contributed by atoms with Crippen LogP contribution in [0.15, 0.2) is 66.7 Å². The number of rotatable bonds is 6. The van der Waals surface area contributed by atoms with Crippen molar-refractivity contribution in [3.63, 3.8) is 0 Å². The van der Waals surface area contributed by atoms with Gasteiger partial charge in [0.25, 0.3) is 0 Å². The molecule has 0 saturated heterocycles. The van der Waals surface area contributed by atoms with Gasteiger partial charge in [0, 0.05) is 24.4 Å². The fraction of sp³-hybridized carbons (Fsp3) is 0.105. The number of para-hydroxylation sites is 1. The number of benzene rings is 2. The van der Waals surface area contributed by atoms with E-state index >= 15 is 0 Å². The van der Waals surface area contributed by atoms with Gasteiger partial charge in [-0.25, -0.2) is 9.78 Å². The average Bonchev–Trinajstić information content (AvgIpc) is 2.67. The van der Waals surface area contributed by atoms with Gasteiger partial charge in [0.1, 0.15) is 0 Å². The van der Waals surface area contributed by atoms with Crippen LogP contribution >= 0.6 is 0 Å². The topological polar surface area (TPSA) is 75.6 Å². The Bertz CT molecular complexity index is 854. The lowest BCUT2D eigenvalue weighted by Gasteiger charge is -2.18. The van der Waals surface area contributed by atoms with Gasteiger partial charge in [-0.15, -0.1) is 0 Å². The summed E-state index contributed by atoms with van der Waals surface area (Å²) < 4.78 is 5.28. The Morgan fingerprint density at radius 2 is 1.68 bits per heavy atom. The second-order valence-electron chi connectivity index (χ2n) is 5.33. The van der Waals surface area contributed by atoms with E-state index in [1.807, 2.05) is 72.6 Å². The fourth-order valence-electron chi connectivity index (χ4n) is 2.30. The van der Waals surface area contributed by atoms with E-state index in [1.165, 1.54) is 0 Å². The Hall–Kier alpha value is -3.41. The number of hydrogen-bond donors (Lipinski definition) is 1. The number of aromatic nitrogens is 2. The molecule has 3 aromatic rings. The maximum Gasteiger partial charge on any atom is 0.341 e. The van der Waals surface area contributed by atoms with Crippen LogP contribution in [0.1, 0.15) is 0 Å². The number of hydrogen-bond acceptors (Lipinski definition) is 5. The molecule has 0 amide bonds.